The predicted octanol–water partition coefficient (Wildman–Crippen LogP) is 5.81. The molecule has 74 heavy (non-hydrogen) atoms. The SMILES string of the molecule is CNCC(O)COc1cccc(-c2nc(NCCCN3CCCC3=O)cc(-c3cc(OC)ncc3C3CC(N(C)c4cc(-c5ccc6c(c5)OCCO6)nc(-c5cccc(OCC(O)CNC)c5)n4)CCO3)n2)c1. The van der Waals surface area contributed by atoms with Crippen LogP contribution < -0.4 is 44.5 Å². The fourth-order valence-electron chi connectivity index (χ4n) is 9.32. The summed E-state index contributed by atoms with van der Waals surface area (Å²) in [6.45, 7) is 4.48. The van der Waals surface area contributed by atoms with Crippen LogP contribution in [0.5, 0.6) is 28.9 Å². The number of likely N-dealkylation sites (N-methyl/N-ethyl adjacent to an activating group) is 2. The summed E-state index contributed by atoms with van der Waals surface area (Å²) in [5.74, 6) is 5.39. The fourth-order valence-corrected chi connectivity index (χ4v) is 9.32. The smallest absolute Gasteiger partial charge is 0.222 e. The summed E-state index contributed by atoms with van der Waals surface area (Å²) in [6, 6.07) is 26.7. The van der Waals surface area contributed by atoms with E-state index in [0.717, 1.165) is 53.6 Å². The largest absolute Gasteiger partial charge is 0.491 e. The molecule has 19 nitrogen and oxygen atoms in total. The number of carbonyl (C=O) groups excluding carboxylic acids is 1. The van der Waals surface area contributed by atoms with E-state index in [2.05, 4.69) is 27.9 Å². The number of aromatic nitrogens is 5. The van der Waals surface area contributed by atoms with Crippen molar-refractivity contribution < 1.29 is 43.4 Å². The summed E-state index contributed by atoms with van der Waals surface area (Å²) in [5.41, 5.74) is 5.25. The summed E-state index contributed by atoms with van der Waals surface area (Å²) in [7, 11) is 7.20. The summed E-state index contributed by atoms with van der Waals surface area (Å²) in [5, 5.41) is 30.2. The average Bonchev–Trinajstić information content (AvgIpc) is 3.86. The number of pyridine rings is 1. The van der Waals surface area contributed by atoms with Crippen molar-refractivity contribution in [2.75, 3.05) is 104 Å². The van der Waals surface area contributed by atoms with E-state index in [1.54, 1.807) is 21.2 Å². The van der Waals surface area contributed by atoms with Crippen molar-refractivity contribution in [2.45, 2.75) is 56.5 Å². The van der Waals surface area contributed by atoms with E-state index >= 15 is 0 Å². The average molecular weight is 1010 g/mol. The van der Waals surface area contributed by atoms with Crippen molar-refractivity contribution in [1.82, 2.24) is 40.5 Å². The first-order chi connectivity index (χ1) is 36.1. The number of nitrogens with zero attached hydrogens (tertiary/aromatic N) is 7. The highest BCUT2D eigenvalue weighted by Gasteiger charge is 2.31. The number of amides is 1. The van der Waals surface area contributed by atoms with Gasteiger partial charge in [-0.2, -0.15) is 0 Å². The van der Waals surface area contributed by atoms with Gasteiger partial charge in [-0.05, 0) is 82.2 Å². The third-order valence-electron chi connectivity index (χ3n) is 13.2. The molecule has 1 amide bonds. The van der Waals surface area contributed by atoms with Crippen molar-refractivity contribution in [3.05, 3.63) is 96.7 Å². The third kappa shape index (κ3) is 13.0. The Morgan fingerprint density at radius 3 is 2.19 bits per heavy atom. The Balaban J connectivity index is 1.03. The molecule has 3 aromatic carbocycles. The van der Waals surface area contributed by atoms with Gasteiger partial charge in [-0.3, -0.25) is 4.79 Å². The molecule has 0 radical (unpaired) electrons. The molecule has 9 rings (SSSR count). The Morgan fingerprint density at radius 1 is 0.797 bits per heavy atom. The third-order valence-corrected chi connectivity index (χ3v) is 13.2. The molecule has 0 aliphatic carbocycles. The number of benzene rings is 3. The van der Waals surface area contributed by atoms with E-state index in [-0.39, 0.29) is 25.2 Å². The highest BCUT2D eigenvalue weighted by Crippen LogP contribution is 2.40. The minimum Gasteiger partial charge on any atom is -0.491 e. The van der Waals surface area contributed by atoms with Crippen molar-refractivity contribution in [1.29, 1.82) is 0 Å². The van der Waals surface area contributed by atoms with Gasteiger partial charge >= 0.3 is 0 Å². The zero-order chi connectivity index (χ0) is 51.4. The number of ether oxygens (including phenoxy) is 6. The monoisotopic (exact) mass is 1010 g/mol. The van der Waals surface area contributed by atoms with E-state index < -0.39 is 18.3 Å². The molecule has 0 spiro atoms. The van der Waals surface area contributed by atoms with Crippen molar-refractivity contribution >= 4 is 17.5 Å². The Morgan fingerprint density at radius 2 is 1.50 bits per heavy atom. The van der Waals surface area contributed by atoms with E-state index in [1.807, 2.05) is 96.0 Å². The first-order valence-electron chi connectivity index (χ1n) is 25.3. The summed E-state index contributed by atoms with van der Waals surface area (Å²) >= 11 is 0. The van der Waals surface area contributed by atoms with E-state index in [0.29, 0.717) is 122 Å². The van der Waals surface area contributed by atoms with Crippen LogP contribution >= 0.6 is 0 Å². The van der Waals surface area contributed by atoms with E-state index in [1.165, 1.54) is 0 Å². The lowest BCUT2D eigenvalue weighted by Gasteiger charge is -2.37. The van der Waals surface area contributed by atoms with Gasteiger partial charge in [0.2, 0.25) is 11.8 Å². The highest BCUT2D eigenvalue weighted by molar-refractivity contribution is 5.78. The predicted molar refractivity (Wildman–Crippen MR) is 281 cm³/mol. The molecule has 3 aliphatic heterocycles. The molecule has 3 aromatic heterocycles. The maximum absolute atomic E-state index is 12.4. The van der Waals surface area contributed by atoms with Gasteiger partial charge in [0.05, 0.1) is 24.6 Å². The standard InChI is InChI=1S/C55H66N10O9/c1-56-30-39(66)33-73-41-11-5-9-36(23-41)54-61-46(28-50(62-54)58-17-8-19-65-18-7-13-53(65)68)43-27-52(69-4)59-32-44(43)48-26-38(16-20-70-48)64(3)51-29-45(35-14-15-47-49(25-35)72-22-21-71-47)60-55(63-51)37-10-6-12-42(24-37)74-34-40(67)31-57-2/h5-6,9-12,14-15,23-25,27-29,32,38-40,48,56-57,66-67H,7-8,13,16-22,26,30-31,33-34H2,1-4H3,(H,58,61,62). The molecule has 2 saturated heterocycles. The second-order valence-electron chi connectivity index (χ2n) is 18.6. The molecule has 19 heteroatoms. The molecule has 3 aliphatic rings. The molecule has 390 valence electrons. The molecule has 6 aromatic rings. The van der Waals surface area contributed by atoms with Crippen molar-refractivity contribution in [3.63, 3.8) is 0 Å². The lowest BCUT2D eigenvalue weighted by Crippen LogP contribution is -2.38. The number of aliphatic hydroxyl groups excluding tert-OH is 2. The van der Waals surface area contributed by atoms with Gasteiger partial charge in [0.25, 0.3) is 0 Å². The quantitative estimate of drug-likeness (QED) is 0.0478. The minimum atomic E-state index is -0.683. The van der Waals surface area contributed by atoms with Gasteiger partial charge < -0.3 is 64.4 Å². The molecular weight excluding hydrogens is 945 g/mol. The zero-order valence-corrected chi connectivity index (χ0v) is 42.5. The Labute approximate surface area is 431 Å². The zero-order valence-electron chi connectivity index (χ0n) is 42.5. The number of hydrogen-bond donors (Lipinski definition) is 5. The molecule has 4 atom stereocenters. The van der Waals surface area contributed by atoms with Crippen molar-refractivity contribution in [3.8, 4) is 74.2 Å². The van der Waals surface area contributed by atoms with Gasteiger partial charge in [-0.15, -0.1) is 0 Å². The number of hydrogen-bond acceptors (Lipinski definition) is 18. The number of methoxy groups -OCH3 is 1. The van der Waals surface area contributed by atoms with Crippen LogP contribution in [0, 0.1) is 0 Å². The van der Waals surface area contributed by atoms with Crippen LogP contribution in [-0.4, -0.2) is 158 Å². The number of likely N-dealkylation sites (tertiary alicyclic amines) is 1. The molecular formula is C55H66N10O9. The fraction of sp³-hybridized carbons (Fsp3) is 0.418. The van der Waals surface area contributed by atoms with Crippen LogP contribution in [0.15, 0.2) is 91.1 Å². The maximum Gasteiger partial charge on any atom is 0.222 e. The normalized spacial score (nSPS) is 17.2. The summed E-state index contributed by atoms with van der Waals surface area (Å²) in [4.78, 5) is 41.6. The molecule has 4 unspecified atom stereocenters. The van der Waals surface area contributed by atoms with Gasteiger partial charge in [0.1, 0.15) is 61.8 Å². The van der Waals surface area contributed by atoms with Crippen LogP contribution in [0.4, 0.5) is 11.6 Å². The van der Waals surface area contributed by atoms with Crippen LogP contribution in [0.3, 0.4) is 0 Å². The summed E-state index contributed by atoms with van der Waals surface area (Å²) in [6.07, 6.45) is 3.60. The van der Waals surface area contributed by atoms with Crippen LogP contribution in [0.1, 0.15) is 43.8 Å². The molecule has 6 heterocycles. The number of carbonyl (C=O) groups is 1. The minimum absolute atomic E-state index is 0.0297. The highest BCUT2D eigenvalue weighted by atomic mass is 16.6. The molecule has 0 saturated carbocycles. The lowest BCUT2D eigenvalue weighted by molar-refractivity contribution is -0.127. The molecule has 0 bridgehead atoms. The molecule has 5 N–H and O–H groups in total. The lowest BCUT2D eigenvalue weighted by atomic mass is 9.93. The molecule has 2 fully saturated rings. The maximum atomic E-state index is 12.4. The van der Waals surface area contributed by atoms with Gasteiger partial charge in [-0.1, -0.05) is 24.3 Å². The van der Waals surface area contributed by atoms with Crippen LogP contribution in [0.2, 0.25) is 0 Å². The van der Waals surface area contributed by atoms with Gasteiger partial charge in [-0.25, -0.2) is 24.9 Å². The number of nitrogens with one attached hydrogen (secondary N) is 3. The summed E-state index contributed by atoms with van der Waals surface area (Å²) < 4.78 is 36.2. The Kier molecular flexibility index (Phi) is 17.3. The Hall–Kier alpha value is -7.16. The van der Waals surface area contributed by atoms with Crippen molar-refractivity contribution in [2.24, 2.45) is 0 Å². The second kappa shape index (κ2) is 24.7. The van der Waals surface area contributed by atoms with Gasteiger partial charge in [0, 0.05) is 111 Å². The first kappa shape index (κ1) is 51.7. The number of fused-ring (bicyclic) bond motifs is 1. The number of anilines is 2. The topological polar surface area (TPSA) is 220 Å². The van der Waals surface area contributed by atoms with Crippen LogP contribution in [-0.2, 0) is 9.53 Å². The first-order valence-corrected chi connectivity index (χ1v) is 25.3. The van der Waals surface area contributed by atoms with E-state index in [9.17, 15) is 15.0 Å². The van der Waals surface area contributed by atoms with E-state index in [4.69, 9.17) is 53.3 Å². The number of rotatable bonds is 23. The van der Waals surface area contributed by atoms with Crippen LogP contribution in [0.25, 0.3) is 45.3 Å². The van der Waals surface area contributed by atoms with Gasteiger partial charge in [0.15, 0.2) is 23.1 Å². The number of aliphatic hydroxyl groups is 2. The second-order valence-corrected chi connectivity index (χ2v) is 18.6. The Bertz CT molecular complexity index is 2860.